The molecule has 7 nitrogen and oxygen atoms in total. The van der Waals surface area contributed by atoms with Crippen LogP contribution in [-0.2, 0) is 15.5 Å². The third-order valence-electron chi connectivity index (χ3n) is 4.62. The quantitative estimate of drug-likeness (QED) is 0.353. The largest absolute Gasteiger partial charge is 0.467 e. The Labute approximate surface area is 169 Å². The number of aromatic nitrogens is 2. The fraction of sp³-hybridized carbons (Fsp3) is 0.200. The van der Waals surface area contributed by atoms with Crippen LogP contribution in [0.5, 0.6) is 0 Å². The molecule has 30 heavy (non-hydrogen) atoms. The van der Waals surface area contributed by atoms with Crippen molar-refractivity contribution in [1.29, 1.82) is 0 Å². The maximum Gasteiger partial charge on any atom is 0.335 e. The van der Waals surface area contributed by atoms with E-state index in [0.29, 0.717) is 0 Å². The molecule has 3 aromatic rings. The van der Waals surface area contributed by atoms with E-state index in [0.717, 1.165) is 36.1 Å². The number of methoxy groups -OCH3 is 1. The highest BCUT2D eigenvalue weighted by Gasteiger charge is 2.33. The Kier molecular flexibility index (Phi) is 5.55. The summed E-state index contributed by atoms with van der Waals surface area (Å²) in [7, 11) is 1.15. The average Bonchev–Trinajstić information content (AvgIpc) is 3.10. The number of halogens is 3. The molecule has 158 valence electrons. The van der Waals surface area contributed by atoms with Gasteiger partial charge in [-0.3, -0.25) is 15.1 Å². The summed E-state index contributed by atoms with van der Waals surface area (Å²) in [6.07, 6.45) is 1.29. The van der Waals surface area contributed by atoms with Gasteiger partial charge in [0.05, 0.1) is 12.6 Å². The van der Waals surface area contributed by atoms with Gasteiger partial charge in [0.25, 0.3) is 5.92 Å². The molecule has 2 aromatic carbocycles. The summed E-state index contributed by atoms with van der Waals surface area (Å²) >= 11 is 0. The highest BCUT2D eigenvalue weighted by Crippen LogP contribution is 2.35. The van der Waals surface area contributed by atoms with E-state index in [1.807, 2.05) is 0 Å². The Morgan fingerprint density at radius 2 is 1.90 bits per heavy atom. The first-order chi connectivity index (χ1) is 14.1. The lowest BCUT2D eigenvalue weighted by atomic mass is 9.99. The van der Waals surface area contributed by atoms with E-state index in [9.17, 15) is 28.4 Å². The highest BCUT2D eigenvalue weighted by atomic mass is 19.3. The number of alkyl halides is 2. The number of ether oxygens (including phenoxy) is 1. The minimum absolute atomic E-state index is 0.0393. The van der Waals surface area contributed by atoms with Crippen molar-refractivity contribution in [2.45, 2.75) is 18.9 Å². The molecule has 0 saturated heterocycles. The Bertz CT molecular complexity index is 1110. The topological polar surface area (TPSA) is 87.8 Å². The molecule has 1 heterocycles. The van der Waals surface area contributed by atoms with Crippen molar-refractivity contribution in [2.75, 3.05) is 12.3 Å². The lowest BCUT2D eigenvalue weighted by Crippen LogP contribution is -2.23. The Balaban J connectivity index is 2.11. The maximum atomic E-state index is 14.2. The minimum atomic E-state index is -3.24. The molecule has 0 bridgehead atoms. The molecule has 1 unspecified atom stereocenters. The molecule has 0 spiro atoms. The minimum Gasteiger partial charge on any atom is -0.467 e. The van der Waals surface area contributed by atoms with Gasteiger partial charge in [0.1, 0.15) is 11.5 Å². The summed E-state index contributed by atoms with van der Waals surface area (Å²) in [6.45, 7) is 4.50. The van der Waals surface area contributed by atoms with E-state index in [4.69, 9.17) is 4.74 Å². The number of carbonyl (C=O) groups excluding carboxylic acids is 1. The van der Waals surface area contributed by atoms with Gasteiger partial charge in [0.15, 0.2) is 6.04 Å². The van der Waals surface area contributed by atoms with Gasteiger partial charge >= 0.3 is 5.97 Å². The van der Waals surface area contributed by atoms with E-state index >= 15 is 0 Å². The van der Waals surface area contributed by atoms with E-state index in [1.54, 1.807) is 0 Å². The monoisotopic (exact) mass is 421 g/mol. The summed E-state index contributed by atoms with van der Waals surface area (Å²) in [5.41, 5.74) is -0.602. The van der Waals surface area contributed by atoms with Gasteiger partial charge in [-0.05, 0) is 18.1 Å². The third-order valence-corrected chi connectivity index (χ3v) is 4.62. The molecular formula is C20H18F3N3O4. The van der Waals surface area contributed by atoms with Gasteiger partial charge in [-0.1, -0.05) is 30.8 Å². The van der Waals surface area contributed by atoms with Crippen molar-refractivity contribution in [2.24, 2.45) is 0 Å². The fourth-order valence-electron chi connectivity index (χ4n) is 3.02. The molecule has 1 atom stereocenters. The van der Waals surface area contributed by atoms with Crippen LogP contribution in [0, 0.1) is 5.82 Å². The summed E-state index contributed by atoms with van der Waals surface area (Å²) in [5.74, 6) is -4.77. The first-order valence-electron chi connectivity index (χ1n) is 8.64. The fourth-order valence-corrected chi connectivity index (χ4v) is 3.02. The molecule has 1 aromatic heterocycles. The Hall–Kier alpha value is -3.37. The smallest absolute Gasteiger partial charge is 0.335 e. The van der Waals surface area contributed by atoms with Gasteiger partial charge in [0, 0.05) is 29.3 Å². The van der Waals surface area contributed by atoms with Crippen LogP contribution in [0.25, 0.3) is 10.9 Å². The predicted molar refractivity (Wildman–Crippen MR) is 101 cm³/mol. The van der Waals surface area contributed by atoms with Crippen LogP contribution in [0.2, 0.25) is 0 Å². The van der Waals surface area contributed by atoms with Crippen LogP contribution < -0.4 is 5.23 Å². The van der Waals surface area contributed by atoms with E-state index in [2.05, 4.69) is 11.7 Å². The molecule has 10 heteroatoms. The summed E-state index contributed by atoms with van der Waals surface area (Å²) < 4.78 is 48.0. The van der Waals surface area contributed by atoms with Crippen molar-refractivity contribution in [3.05, 3.63) is 71.7 Å². The van der Waals surface area contributed by atoms with Gasteiger partial charge in [-0.15, -0.1) is 5.23 Å². The van der Waals surface area contributed by atoms with E-state index in [-0.39, 0.29) is 38.5 Å². The second kappa shape index (κ2) is 7.81. The first-order valence-corrected chi connectivity index (χ1v) is 8.64. The molecule has 0 saturated carbocycles. The average molecular weight is 421 g/mol. The first kappa shape index (κ1) is 21.3. The number of nitrogens with zero attached hydrogens (tertiary/aromatic N) is 3. The van der Waals surface area contributed by atoms with Crippen LogP contribution in [0.4, 0.5) is 18.9 Å². The lowest BCUT2D eigenvalue weighted by Gasteiger charge is -2.19. The zero-order valence-corrected chi connectivity index (χ0v) is 16.0. The summed E-state index contributed by atoms with van der Waals surface area (Å²) in [5, 5.41) is 22.7. The number of hydrogen-bond acceptors (Lipinski definition) is 6. The predicted octanol–water partition coefficient (Wildman–Crippen LogP) is 4.19. The Morgan fingerprint density at radius 3 is 2.43 bits per heavy atom. The van der Waals surface area contributed by atoms with Gasteiger partial charge < -0.3 is 4.74 Å². The normalized spacial score (nSPS) is 12.6. The second-order valence-corrected chi connectivity index (χ2v) is 6.66. The molecule has 3 rings (SSSR count). The number of allylic oxidation sites excluding steroid dienone is 1. The van der Waals surface area contributed by atoms with Crippen molar-refractivity contribution < 1.29 is 33.1 Å². The van der Waals surface area contributed by atoms with Crippen LogP contribution in [0.15, 0.2) is 54.7 Å². The van der Waals surface area contributed by atoms with Crippen molar-refractivity contribution >= 4 is 22.6 Å². The van der Waals surface area contributed by atoms with Crippen molar-refractivity contribution in [3.8, 4) is 0 Å². The molecule has 2 N–H and O–H groups in total. The molecular weight excluding hydrogens is 403 g/mol. The number of hydrogen-bond donors (Lipinski definition) is 2. The summed E-state index contributed by atoms with van der Waals surface area (Å²) in [6, 6.07) is 5.71. The van der Waals surface area contributed by atoms with Crippen molar-refractivity contribution in [1.82, 2.24) is 9.78 Å². The Morgan fingerprint density at radius 1 is 1.27 bits per heavy atom. The maximum absolute atomic E-state index is 14.2. The SMILES string of the molecule is C=C(C)C(F)(F)c1ccc(C(C(=O)OC)n2cc3c(N(O)O)cc(F)cc3n2)cc1. The number of rotatable bonds is 6. The van der Waals surface area contributed by atoms with Crippen LogP contribution >= 0.6 is 0 Å². The van der Waals surface area contributed by atoms with E-state index < -0.39 is 23.8 Å². The molecule has 0 aliphatic heterocycles. The highest BCUT2D eigenvalue weighted by molar-refractivity contribution is 5.91. The number of fused-ring (bicyclic) bond motifs is 1. The molecule has 0 fully saturated rings. The zero-order valence-electron chi connectivity index (χ0n) is 16.0. The third kappa shape index (κ3) is 3.74. The number of esters is 1. The van der Waals surface area contributed by atoms with Gasteiger partial charge in [0.2, 0.25) is 0 Å². The molecule has 0 radical (unpaired) electrons. The number of carbonyl (C=O) groups is 1. The number of anilines is 1. The molecule has 0 aliphatic rings. The second-order valence-electron chi connectivity index (χ2n) is 6.66. The zero-order chi connectivity index (χ0) is 22.2. The lowest BCUT2D eigenvalue weighted by molar-refractivity contribution is -0.143. The van der Waals surface area contributed by atoms with Crippen LogP contribution in [0.3, 0.4) is 0 Å². The molecule has 0 amide bonds. The molecule has 0 aliphatic carbocycles. The standard InChI is InChI=1S/C20H18F3N3O4/c1-11(2)20(22,23)13-6-4-12(5-7-13)18(19(27)30-3)25-10-15-16(24-25)8-14(21)9-17(15)26(28)29/h4-10,18,28-29H,1H2,2-3H3. The number of benzene rings is 2. The van der Waals surface area contributed by atoms with E-state index in [1.165, 1.54) is 25.3 Å². The van der Waals surface area contributed by atoms with Crippen LogP contribution in [0.1, 0.15) is 24.1 Å². The van der Waals surface area contributed by atoms with Crippen LogP contribution in [-0.4, -0.2) is 33.3 Å². The van der Waals surface area contributed by atoms with Gasteiger partial charge in [-0.25, -0.2) is 9.18 Å². The summed E-state index contributed by atoms with van der Waals surface area (Å²) in [4.78, 5) is 12.4. The van der Waals surface area contributed by atoms with Crippen molar-refractivity contribution in [3.63, 3.8) is 0 Å². The van der Waals surface area contributed by atoms with Gasteiger partial charge in [-0.2, -0.15) is 13.9 Å².